The molecule has 2 rings (SSSR count). The average Bonchev–Trinajstić information content (AvgIpc) is 2.94. The van der Waals surface area contributed by atoms with Crippen LogP contribution in [0.5, 0.6) is 0 Å². The maximum absolute atomic E-state index is 5.18. The summed E-state index contributed by atoms with van der Waals surface area (Å²) in [4.78, 5) is 11.6. The summed E-state index contributed by atoms with van der Waals surface area (Å²) < 4.78 is 2.73. The number of hydrogen-bond donors (Lipinski definition) is 1. The van der Waals surface area contributed by atoms with Gasteiger partial charge in [0, 0.05) is 6.54 Å². The van der Waals surface area contributed by atoms with Crippen LogP contribution >= 0.6 is 12.2 Å². The molecule has 0 unspecified atom stereocenters. The smallest absolute Gasteiger partial charge is 0.157 e. The summed E-state index contributed by atoms with van der Waals surface area (Å²) >= 11 is 5.18. The largest absolute Gasteiger partial charge is 0.331 e. The van der Waals surface area contributed by atoms with E-state index in [1.165, 1.54) is 64.2 Å². The van der Waals surface area contributed by atoms with Crippen LogP contribution < -0.4 is 0 Å². The fourth-order valence-electron chi connectivity index (χ4n) is 2.84. The Kier molecular flexibility index (Phi) is 7.57. The summed E-state index contributed by atoms with van der Waals surface area (Å²) in [5, 5.41) is 0. The standard InChI is InChI=1S/C17H28N4S/c1-2-3-4-5-6-7-8-9-10-11-12-21-14-20-15-16(21)18-13-19-17(15)22/h13-14H,2-12H2,1H3,(H,18,19,22). The first-order valence-corrected chi connectivity index (χ1v) is 9.12. The van der Waals surface area contributed by atoms with Crippen LogP contribution in [-0.2, 0) is 6.54 Å². The summed E-state index contributed by atoms with van der Waals surface area (Å²) in [6.07, 6.45) is 17.1. The lowest BCUT2D eigenvalue weighted by atomic mass is 10.1. The molecule has 1 N–H and O–H groups in total. The van der Waals surface area contributed by atoms with Crippen LogP contribution in [0, 0.1) is 4.64 Å². The third-order valence-corrected chi connectivity index (χ3v) is 4.47. The fraction of sp³-hybridized carbons (Fsp3) is 0.706. The van der Waals surface area contributed by atoms with Crippen molar-refractivity contribution in [3.05, 3.63) is 17.3 Å². The van der Waals surface area contributed by atoms with Gasteiger partial charge in [0.1, 0.15) is 11.2 Å². The first-order chi connectivity index (χ1) is 10.8. The zero-order valence-electron chi connectivity index (χ0n) is 13.7. The van der Waals surface area contributed by atoms with Crippen LogP contribution in [0.3, 0.4) is 0 Å². The van der Waals surface area contributed by atoms with E-state index in [9.17, 15) is 0 Å². The van der Waals surface area contributed by atoms with Crippen LogP contribution in [0.2, 0.25) is 0 Å². The third-order valence-electron chi connectivity index (χ3n) is 4.18. The quantitative estimate of drug-likeness (QED) is 0.445. The van der Waals surface area contributed by atoms with Crippen LogP contribution in [0.15, 0.2) is 12.7 Å². The molecule has 0 aromatic carbocycles. The maximum atomic E-state index is 5.18. The lowest BCUT2D eigenvalue weighted by Crippen LogP contribution is -1.98. The SMILES string of the molecule is CCCCCCCCCCCCn1cnc2c(=S)nc[nH]c21. The molecule has 0 aliphatic carbocycles. The highest BCUT2D eigenvalue weighted by Crippen LogP contribution is 2.13. The van der Waals surface area contributed by atoms with E-state index in [-0.39, 0.29) is 0 Å². The van der Waals surface area contributed by atoms with Crippen molar-refractivity contribution in [1.82, 2.24) is 19.5 Å². The third kappa shape index (κ3) is 5.20. The van der Waals surface area contributed by atoms with Crippen molar-refractivity contribution < 1.29 is 0 Å². The number of aryl methyl sites for hydroxylation is 1. The second kappa shape index (κ2) is 9.72. The molecule has 22 heavy (non-hydrogen) atoms. The molecule has 0 aliphatic heterocycles. The number of unbranched alkanes of at least 4 members (excludes halogenated alkanes) is 9. The van der Waals surface area contributed by atoms with Gasteiger partial charge in [0.05, 0.1) is 12.7 Å². The number of rotatable bonds is 11. The van der Waals surface area contributed by atoms with Crippen molar-refractivity contribution in [3.8, 4) is 0 Å². The van der Waals surface area contributed by atoms with E-state index in [1.807, 2.05) is 6.33 Å². The zero-order chi connectivity index (χ0) is 15.6. The summed E-state index contributed by atoms with van der Waals surface area (Å²) in [5.74, 6) is 0. The van der Waals surface area contributed by atoms with Crippen molar-refractivity contribution in [1.29, 1.82) is 0 Å². The van der Waals surface area contributed by atoms with Crippen molar-refractivity contribution in [2.75, 3.05) is 0 Å². The molecule has 122 valence electrons. The van der Waals surface area contributed by atoms with Crippen LogP contribution in [0.1, 0.15) is 71.1 Å². The minimum Gasteiger partial charge on any atom is -0.331 e. The molecule has 2 heterocycles. The number of fused-ring (bicyclic) bond motifs is 1. The topological polar surface area (TPSA) is 46.5 Å². The van der Waals surface area contributed by atoms with Crippen molar-refractivity contribution in [2.45, 2.75) is 77.7 Å². The van der Waals surface area contributed by atoms with E-state index >= 15 is 0 Å². The van der Waals surface area contributed by atoms with Crippen LogP contribution in [0.4, 0.5) is 0 Å². The van der Waals surface area contributed by atoms with Gasteiger partial charge in [-0.3, -0.25) is 0 Å². The predicted octanol–water partition coefficient (Wildman–Crippen LogP) is 5.41. The monoisotopic (exact) mass is 320 g/mol. The molecule has 2 aromatic rings. The number of nitrogens with one attached hydrogen (secondary N) is 1. The van der Waals surface area contributed by atoms with E-state index in [0.29, 0.717) is 4.64 Å². The first-order valence-electron chi connectivity index (χ1n) is 8.71. The van der Waals surface area contributed by atoms with Gasteiger partial charge < -0.3 is 9.55 Å². The lowest BCUT2D eigenvalue weighted by Gasteiger charge is -2.04. The minimum absolute atomic E-state index is 0.579. The molecular formula is C17H28N4S. The van der Waals surface area contributed by atoms with Gasteiger partial charge in [-0.25, -0.2) is 9.97 Å². The molecule has 0 aliphatic rings. The van der Waals surface area contributed by atoms with E-state index in [1.54, 1.807) is 6.33 Å². The Morgan fingerprint density at radius 2 is 1.59 bits per heavy atom. The summed E-state index contributed by atoms with van der Waals surface area (Å²) in [6, 6.07) is 0. The van der Waals surface area contributed by atoms with E-state index in [0.717, 1.165) is 17.7 Å². The Balaban J connectivity index is 1.59. The average molecular weight is 321 g/mol. The molecule has 2 aromatic heterocycles. The molecule has 0 spiro atoms. The molecule has 5 heteroatoms. The van der Waals surface area contributed by atoms with E-state index in [4.69, 9.17) is 12.2 Å². The molecule has 0 radical (unpaired) electrons. The molecule has 0 atom stereocenters. The van der Waals surface area contributed by atoms with Gasteiger partial charge in [0.15, 0.2) is 4.64 Å². The summed E-state index contributed by atoms with van der Waals surface area (Å²) in [6.45, 7) is 3.27. The Hall–Kier alpha value is -1.23. The van der Waals surface area contributed by atoms with Crippen LogP contribution in [0.25, 0.3) is 11.2 Å². The Bertz CT molecular complexity index is 602. The highest BCUT2D eigenvalue weighted by Gasteiger charge is 2.04. The molecule has 0 fully saturated rings. The summed E-state index contributed by atoms with van der Waals surface area (Å²) in [5.41, 5.74) is 1.81. The maximum Gasteiger partial charge on any atom is 0.157 e. The number of hydrogen-bond acceptors (Lipinski definition) is 3. The number of aromatic nitrogens is 4. The molecular weight excluding hydrogens is 292 g/mol. The molecule has 4 nitrogen and oxygen atoms in total. The second-order valence-electron chi connectivity index (χ2n) is 6.02. The predicted molar refractivity (Wildman–Crippen MR) is 94.6 cm³/mol. The number of aromatic amines is 1. The highest BCUT2D eigenvalue weighted by atomic mass is 32.1. The minimum atomic E-state index is 0.579. The van der Waals surface area contributed by atoms with Gasteiger partial charge in [-0.1, -0.05) is 76.9 Å². The highest BCUT2D eigenvalue weighted by molar-refractivity contribution is 7.71. The van der Waals surface area contributed by atoms with Crippen molar-refractivity contribution >= 4 is 23.4 Å². The number of H-pyrrole nitrogens is 1. The second-order valence-corrected chi connectivity index (χ2v) is 6.41. The van der Waals surface area contributed by atoms with Gasteiger partial charge in [-0.2, -0.15) is 0 Å². The lowest BCUT2D eigenvalue weighted by molar-refractivity contribution is 0.537. The first kappa shape index (κ1) is 17.1. The summed E-state index contributed by atoms with van der Waals surface area (Å²) in [7, 11) is 0. The van der Waals surface area contributed by atoms with Gasteiger partial charge >= 0.3 is 0 Å². The Morgan fingerprint density at radius 1 is 0.955 bits per heavy atom. The number of imidazole rings is 1. The molecule has 0 saturated heterocycles. The molecule has 0 bridgehead atoms. The Labute approximate surface area is 138 Å². The van der Waals surface area contributed by atoms with Gasteiger partial charge in [-0.15, -0.1) is 0 Å². The number of nitrogens with zero attached hydrogens (tertiary/aromatic N) is 3. The van der Waals surface area contributed by atoms with Gasteiger partial charge in [0.25, 0.3) is 0 Å². The van der Waals surface area contributed by atoms with E-state index in [2.05, 4.69) is 26.4 Å². The normalized spacial score (nSPS) is 11.3. The fourth-order valence-corrected chi connectivity index (χ4v) is 3.04. The van der Waals surface area contributed by atoms with Gasteiger partial charge in [-0.05, 0) is 6.42 Å². The van der Waals surface area contributed by atoms with Crippen LogP contribution in [-0.4, -0.2) is 19.5 Å². The Morgan fingerprint density at radius 3 is 2.27 bits per heavy atom. The van der Waals surface area contributed by atoms with Gasteiger partial charge in [0.2, 0.25) is 0 Å². The molecule has 0 saturated carbocycles. The van der Waals surface area contributed by atoms with E-state index < -0.39 is 0 Å². The zero-order valence-corrected chi connectivity index (χ0v) is 14.5. The van der Waals surface area contributed by atoms with Crippen molar-refractivity contribution in [3.63, 3.8) is 0 Å². The van der Waals surface area contributed by atoms with Crippen molar-refractivity contribution in [2.24, 2.45) is 0 Å². The molecule has 0 amide bonds.